The second-order valence-electron chi connectivity index (χ2n) is 10.5. The molecule has 1 unspecified atom stereocenters. The maximum Gasteiger partial charge on any atom is 0.186 e. The van der Waals surface area contributed by atoms with Crippen LogP contribution in [0, 0.1) is 12.8 Å². The monoisotopic (exact) mass is 535 g/mol. The van der Waals surface area contributed by atoms with Crippen LogP contribution in [-0.2, 0) is 26.9 Å². The summed E-state index contributed by atoms with van der Waals surface area (Å²) in [5, 5.41) is 4.85. The number of hydrogen-bond acceptors (Lipinski definition) is 6. The molecule has 1 saturated heterocycles. The molecule has 0 aliphatic carbocycles. The third-order valence-electron chi connectivity index (χ3n) is 7.74. The van der Waals surface area contributed by atoms with Crippen molar-refractivity contribution >= 4 is 15.6 Å². The highest BCUT2D eigenvalue weighted by Crippen LogP contribution is 2.42. The van der Waals surface area contributed by atoms with Crippen molar-refractivity contribution in [3.63, 3.8) is 0 Å². The van der Waals surface area contributed by atoms with Crippen LogP contribution < -0.4 is 0 Å². The number of carbonyl (C=O) groups excluding carboxylic acids is 1. The van der Waals surface area contributed by atoms with Crippen molar-refractivity contribution in [1.82, 2.24) is 14.7 Å². The van der Waals surface area contributed by atoms with E-state index in [4.69, 9.17) is 9.84 Å². The highest BCUT2D eigenvalue weighted by Gasteiger charge is 2.37. The Morgan fingerprint density at radius 1 is 1.08 bits per heavy atom. The van der Waals surface area contributed by atoms with Gasteiger partial charge in [0.1, 0.15) is 5.69 Å². The molecule has 7 nitrogen and oxygen atoms in total. The molecule has 1 aromatic heterocycles. The summed E-state index contributed by atoms with van der Waals surface area (Å²) >= 11 is 0. The van der Waals surface area contributed by atoms with Crippen molar-refractivity contribution in [2.75, 3.05) is 26.3 Å². The lowest BCUT2D eigenvalue weighted by Crippen LogP contribution is -2.35. The molecule has 0 bridgehead atoms. The molecule has 8 heteroatoms. The first kappa shape index (κ1) is 26.8. The van der Waals surface area contributed by atoms with Crippen LogP contribution in [0.3, 0.4) is 0 Å². The summed E-state index contributed by atoms with van der Waals surface area (Å²) in [6.07, 6.45) is 3.46. The van der Waals surface area contributed by atoms with E-state index in [2.05, 4.69) is 24.0 Å². The molecule has 0 radical (unpaired) electrons. The van der Waals surface area contributed by atoms with Crippen LogP contribution in [0.4, 0.5) is 0 Å². The van der Waals surface area contributed by atoms with E-state index in [9.17, 15) is 13.2 Å². The number of fused-ring (bicyclic) bond motifs is 3. The van der Waals surface area contributed by atoms with E-state index in [1.165, 1.54) is 5.56 Å². The van der Waals surface area contributed by atoms with Crippen LogP contribution in [0.25, 0.3) is 16.9 Å². The molecule has 2 aliphatic rings. The molecule has 3 aromatic rings. The Labute approximate surface area is 225 Å². The standard InChI is InChI=1S/C30H37N3O4S/c1-4-6-7-23(5-2)30(34)28-26-20-38(35,36)27-18-21(3)8-13-25(27)29(26)33(31-28)24-11-9-22(10-12-24)19-32-14-16-37-17-15-32/h8-13,18,23H,4-7,14-17,19-20H2,1-3H3. The summed E-state index contributed by atoms with van der Waals surface area (Å²) in [6, 6.07) is 13.7. The van der Waals surface area contributed by atoms with E-state index in [0.717, 1.165) is 63.4 Å². The van der Waals surface area contributed by atoms with Crippen molar-refractivity contribution in [2.24, 2.45) is 5.92 Å². The van der Waals surface area contributed by atoms with Gasteiger partial charge in [0.05, 0.1) is 35.2 Å². The van der Waals surface area contributed by atoms with Gasteiger partial charge in [-0.05, 0) is 49.1 Å². The molecule has 38 heavy (non-hydrogen) atoms. The summed E-state index contributed by atoms with van der Waals surface area (Å²) in [5.41, 5.74) is 5.05. The third kappa shape index (κ3) is 5.22. The first-order chi connectivity index (χ1) is 18.3. The molecule has 2 aromatic carbocycles. The average molecular weight is 536 g/mol. The fraction of sp³-hybridized carbons (Fsp3) is 0.467. The first-order valence-corrected chi connectivity index (χ1v) is 15.4. The summed E-state index contributed by atoms with van der Waals surface area (Å²) < 4.78 is 34.0. The minimum Gasteiger partial charge on any atom is -0.379 e. The number of unbranched alkanes of at least 4 members (excludes halogenated alkanes) is 1. The Kier molecular flexibility index (Phi) is 7.84. The van der Waals surface area contributed by atoms with E-state index >= 15 is 0 Å². The summed E-state index contributed by atoms with van der Waals surface area (Å²) in [5.74, 6) is -0.426. The van der Waals surface area contributed by atoms with E-state index in [1.807, 2.05) is 38.1 Å². The number of ether oxygens (including phenoxy) is 1. The number of rotatable bonds is 9. The Bertz CT molecular complexity index is 1420. The number of aryl methyl sites for hydroxylation is 1. The number of aromatic nitrogens is 2. The van der Waals surface area contributed by atoms with E-state index in [0.29, 0.717) is 33.8 Å². The second-order valence-corrected chi connectivity index (χ2v) is 12.5. The Morgan fingerprint density at radius 2 is 1.82 bits per heavy atom. The van der Waals surface area contributed by atoms with Gasteiger partial charge in [-0.1, -0.05) is 51.0 Å². The Morgan fingerprint density at radius 3 is 2.50 bits per heavy atom. The number of benzene rings is 2. The predicted molar refractivity (Wildman–Crippen MR) is 148 cm³/mol. The number of sulfone groups is 1. The van der Waals surface area contributed by atoms with Crippen molar-refractivity contribution in [3.05, 3.63) is 64.8 Å². The van der Waals surface area contributed by atoms with Gasteiger partial charge >= 0.3 is 0 Å². The minimum absolute atomic E-state index is 0.0503. The Balaban J connectivity index is 1.60. The van der Waals surface area contributed by atoms with Gasteiger partial charge in [-0.2, -0.15) is 5.10 Å². The van der Waals surface area contributed by atoms with Gasteiger partial charge in [0.2, 0.25) is 0 Å². The smallest absolute Gasteiger partial charge is 0.186 e. The molecule has 0 spiro atoms. The van der Waals surface area contributed by atoms with Gasteiger partial charge < -0.3 is 4.74 Å². The van der Waals surface area contributed by atoms with E-state index < -0.39 is 9.84 Å². The highest BCUT2D eigenvalue weighted by atomic mass is 32.2. The number of hydrogen-bond donors (Lipinski definition) is 0. The topological polar surface area (TPSA) is 81.5 Å². The van der Waals surface area contributed by atoms with Gasteiger partial charge in [-0.25, -0.2) is 13.1 Å². The summed E-state index contributed by atoms with van der Waals surface area (Å²) in [7, 11) is -3.60. The predicted octanol–water partition coefficient (Wildman–Crippen LogP) is 5.37. The first-order valence-electron chi connectivity index (χ1n) is 13.7. The van der Waals surface area contributed by atoms with Crippen LogP contribution in [0.15, 0.2) is 47.4 Å². The van der Waals surface area contributed by atoms with Gasteiger partial charge in [-0.3, -0.25) is 9.69 Å². The van der Waals surface area contributed by atoms with Crippen molar-refractivity contribution in [1.29, 1.82) is 0 Å². The molecule has 0 saturated carbocycles. The van der Waals surface area contributed by atoms with Crippen LogP contribution in [-0.4, -0.2) is 55.2 Å². The SMILES string of the molecule is CCCCC(CC)C(=O)c1nn(-c2ccc(CN3CCOCC3)cc2)c2c1CS(=O)(=O)c1cc(C)ccc1-2. The van der Waals surface area contributed by atoms with E-state index in [1.54, 1.807) is 10.7 Å². The fourth-order valence-electron chi connectivity index (χ4n) is 5.52. The molecule has 1 fully saturated rings. The van der Waals surface area contributed by atoms with Gasteiger partial charge in [0.15, 0.2) is 15.6 Å². The van der Waals surface area contributed by atoms with Crippen LogP contribution in [0.1, 0.15) is 66.7 Å². The zero-order valence-corrected chi connectivity index (χ0v) is 23.4. The maximum absolute atomic E-state index is 13.8. The zero-order chi connectivity index (χ0) is 26.9. The molecule has 5 rings (SSSR count). The maximum atomic E-state index is 13.8. The summed E-state index contributed by atoms with van der Waals surface area (Å²) in [4.78, 5) is 16.4. The number of ketones is 1. The normalized spacial score (nSPS) is 17.6. The van der Waals surface area contributed by atoms with Crippen LogP contribution in [0.5, 0.6) is 0 Å². The number of carbonyl (C=O) groups is 1. The lowest BCUT2D eigenvalue weighted by molar-refractivity contribution is 0.0342. The molecule has 0 amide bonds. The van der Waals surface area contributed by atoms with Crippen molar-refractivity contribution in [2.45, 2.75) is 63.6 Å². The van der Waals surface area contributed by atoms with Crippen molar-refractivity contribution < 1.29 is 17.9 Å². The van der Waals surface area contributed by atoms with E-state index in [-0.39, 0.29) is 17.5 Å². The third-order valence-corrected chi connectivity index (χ3v) is 9.42. The van der Waals surface area contributed by atoms with Gasteiger partial charge in [0, 0.05) is 36.7 Å². The quantitative estimate of drug-likeness (QED) is 0.343. The number of morpholine rings is 1. The Hall–Kier alpha value is -2.81. The van der Waals surface area contributed by atoms with Crippen LogP contribution >= 0.6 is 0 Å². The molecule has 3 heterocycles. The molecular weight excluding hydrogens is 498 g/mol. The van der Waals surface area contributed by atoms with Crippen molar-refractivity contribution in [3.8, 4) is 16.9 Å². The van der Waals surface area contributed by atoms with Gasteiger partial charge in [0.25, 0.3) is 0 Å². The fourth-order valence-corrected chi connectivity index (χ4v) is 7.20. The average Bonchev–Trinajstić information content (AvgIpc) is 3.28. The highest BCUT2D eigenvalue weighted by molar-refractivity contribution is 7.90. The van der Waals surface area contributed by atoms with Gasteiger partial charge in [-0.15, -0.1) is 0 Å². The molecule has 2 aliphatic heterocycles. The number of Topliss-reactive ketones (excluding diaryl/α,β-unsaturated/α-hetero) is 1. The minimum atomic E-state index is -3.60. The molecule has 0 N–H and O–H groups in total. The molecular formula is C30H37N3O4S. The summed E-state index contributed by atoms with van der Waals surface area (Å²) in [6.45, 7) is 10.2. The zero-order valence-electron chi connectivity index (χ0n) is 22.6. The lowest BCUT2D eigenvalue weighted by Gasteiger charge is -2.26. The molecule has 202 valence electrons. The largest absolute Gasteiger partial charge is 0.379 e. The number of nitrogens with zero attached hydrogens (tertiary/aromatic N) is 3. The second kappa shape index (κ2) is 11.1. The molecule has 1 atom stereocenters. The van der Waals surface area contributed by atoms with Crippen LogP contribution in [0.2, 0.25) is 0 Å². The lowest BCUT2D eigenvalue weighted by atomic mass is 9.91.